The molecule has 0 heterocycles. The van der Waals surface area contributed by atoms with Gasteiger partial charge in [0.25, 0.3) is 0 Å². The van der Waals surface area contributed by atoms with Crippen molar-refractivity contribution < 1.29 is 4.79 Å². The van der Waals surface area contributed by atoms with Crippen LogP contribution in [-0.2, 0) is 4.79 Å². The summed E-state index contributed by atoms with van der Waals surface area (Å²) < 4.78 is 0. The van der Waals surface area contributed by atoms with Crippen molar-refractivity contribution in [2.24, 2.45) is 11.3 Å². The van der Waals surface area contributed by atoms with Crippen molar-refractivity contribution in [1.82, 2.24) is 0 Å². The van der Waals surface area contributed by atoms with Crippen molar-refractivity contribution in [3.05, 3.63) is 0 Å². The van der Waals surface area contributed by atoms with Crippen LogP contribution in [0.3, 0.4) is 0 Å². The van der Waals surface area contributed by atoms with Crippen LogP contribution in [0.1, 0.15) is 53.9 Å². The van der Waals surface area contributed by atoms with Crippen LogP contribution in [0.15, 0.2) is 0 Å². The highest BCUT2D eigenvalue weighted by Crippen LogP contribution is 2.26. The molecule has 0 aliphatic carbocycles. The maximum atomic E-state index is 11.1. The largest absolute Gasteiger partial charge is 0.300 e. The van der Waals surface area contributed by atoms with E-state index in [9.17, 15) is 4.79 Å². The molecule has 72 valence electrons. The third-order valence-corrected chi connectivity index (χ3v) is 1.93. The molecule has 1 heteroatoms. The molecule has 0 aromatic heterocycles. The van der Waals surface area contributed by atoms with Gasteiger partial charge >= 0.3 is 0 Å². The summed E-state index contributed by atoms with van der Waals surface area (Å²) in [5, 5.41) is 0. The molecule has 0 unspecified atom stereocenters. The number of hydrogen-bond donors (Lipinski definition) is 0. The smallest absolute Gasteiger partial charge is 0.132 e. The van der Waals surface area contributed by atoms with E-state index in [0.29, 0.717) is 23.5 Å². The fourth-order valence-corrected chi connectivity index (χ4v) is 1.65. The van der Waals surface area contributed by atoms with E-state index in [2.05, 4.69) is 27.7 Å². The standard InChI is InChI=1S/C11H22O/c1-6-10(12)7-9(2)8-11(3,4)5/h9H,6-8H2,1-5H3/t9-/m1/s1. The molecule has 0 saturated heterocycles. The van der Waals surface area contributed by atoms with Crippen LogP contribution in [0.25, 0.3) is 0 Å². The first-order valence-corrected chi connectivity index (χ1v) is 4.87. The third-order valence-electron chi connectivity index (χ3n) is 1.93. The van der Waals surface area contributed by atoms with Crippen molar-refractivity contribution in [1.29, 1.82) is 0 Å². The summed E-state index contributed by atoms with van der Waals surface area (Å²) in [6.07, 6.45) is 2.58. The van der Waals surface area contributed by atoms with Crippen LogP contribution < -0.4 is 0 Å². The number of ketones is 1. The minimum atomic E-state index is 0.355. The predicted octanol–water partition coefficient (Wildman–Crippen LogP) is 3.43. The molecule has 0 fully saturated rings. The minimum absolute atomic E-state index is 0.355. The van der Waals surface area contributed by atoms with Gasteiger partial charge in [0, 0.05) is 12.8 Å². The fourth-order valence-electron chi connectivity index (χ4n) is 1.65. The molecule has 0 aromatic carbocycles. The summed E-state index contributed by atoms with van der Waals surface area (Å²) in [4.78, 5) is 11.1. The van der Waals surface area contributed by atoms with Gasteiger partial charge < -0.3 is 0 Å². The molecule has 0 amide bonds. The summed E-state index contributed by atoms with van der Waals surface area (Å²) in [6.45, 7) is 10.8. The van der Waals surface area contributed by atoms with E-state index in [1.807, 2.05) is 6.92 Å². The highest BCUT2D eigenvalue weighted by atomic mass is 16.1. The molecule has 0 bridgehead atoms. The van der Waals surface area contributed by atoms with Gasteiger partial charge in [0.05, 0.1) is 0 Å². The van der Waals surface area contributed by atoms with Gasteiger partial charge in [-0.2, -0.15) is 0 Å². The van der Waals surface area contributed by atoms with Gasteiger partial charge in [-0.1, -0.05) is 34.6 Å². The van der Waals surface area contributed by atoms with Gasteiger partial charge in [-0.15, -0.1) is 0 Å². The molecule has 0 spiro atoms. The molecule has 0 rings (SSSR count). The summed E-state index contributed by atoms with van der Waals surface area (Å²) in [6, 6.07) is 0. The summed E-state index contributed by atoms with van der Waals surface area (Å²) in [7, 11) is 0. The molecular weight excluding hydrogens is 148 g/mol. The van der Waals surface area contributed by atoms with Crippen LogP contribution >= 0.6 is 0 Å². The second-order valence-corrected chi connectivity index (χ2v) is 4.97. The molecule has 0 N–H and O–H groups in total. The second-order valence-electron chi connectivity index (χ2n) is 4.97. The van der Waals surface area contributed by atoms with Gasteiger partial charge in [0.15, 0.2) is 0 Å². The summed E-state index contributed by atoms with van der Waals surface area (Å²) in [5.74, 6) is 0.934. The zero-order valence-corrected chi connectivity index (χ0v) is 9.11. The van der Waals surface area contributed by atoms with Crippen molar-refractivity contribution in [2.45, 2.75) is 53.9 Å². The summed E-state index contributed by atoms with van der Waals surface area (Å²) >= 11 is 0. The first-order chi connectivity index (χ1) is 5.35. The SMILES string of the molecule is CCC(=O)C[C@@H](C)CC(C)(C)C. The maximum Gasteiger partial charge on any atom is 0.132 e. The first kappa shape index (κ1) is 11.7. The van der Waals surface area contributed by atoms with E-state index in [4.69, 9.17) is 0 Å². The van der Waals surface area contributed by atoms with Gasteiger partial charge in [0.1, 0.15) is 5.78 Å². The van der Waals surface area contributed by atoms with Crippen LogP contribution in [0.5, 0.6) is 0 Å². The molecule has 1 nitrogen and oxygen atoms in total. The van der Waals surface area contributed by atoms with Gasteiger partial charge in [-0.3, -0.25) is 4.79 Å². The Bertz CT molecular complexity index is 142. The molecular formula is C11H22O. The van der Waals surface area contributed by atoms with Gasteiger partial charge in [-0.25, -0.2) is 0 Å². The quantitative estimate of drug-likeness (QED) is 0.631. The second kappa shape index (κ2) is 4.64. The summed E-state index contributed by atoms with van der Waals surface area (Å²) in [5.41, 5.74) is 0.355. The number of rotatable bonds is 4. The normalized spacial score (nSPS) is 14.4. The average Bonchev–Trinajstić information content (AvgIpc) is 1.82. The lowest BCUT2D eigenvalue weighted by Crippen LogP contribution is -2.13. The van der Waals surface area contributed by atoms with Crippen LogP contribution in [0, 0.1) is 11.3 Å². The Hall–Kier alpha value is -0.330. The average molecular weight is 170 g/mol. The Morgan fingerprint density at radius 1 is 1.33 bits per heavy atom. The molecule has 0 saturated carbocycles. The van der Waals surface area contributed by atoms with Crippen molar-refractivity contribution >= 4 is 5.78 Å². The van der Waals surface area contributed by atoms with E-state index in [-0.39, 0.29) is 0 Å². The molecule has 0 aliphatic rings. The molecule has 0 radical (unpaired) electrons. The number of carbonyl (C=O) groups excluding carboxylic acids is 1. The Morgan fingerprint density at radius 2 is 1.83 bits per heavy atom. The van der Waals surface area contributed by atoms with Crippen molar-refractivity contribution in [3.8, 4) is 0 Å². The monoisotopic (exact) mass is 170 g/mol. The van der Waals surface area contributed by atoms with Gasteiger partial charge in [0.2, 0.25) is 0 Å². The lowest BCUT2D eigenvalue weighted by atomic mass is 9.83. The number of hydrogen-bond acceptors (Lipinski definition) is 1. The van der Waals surface area contributed by atoms with E-state index in [0.717, 1.165) is 12.8 Å². The molecule has 0 aromatic rings. The van der Waals surface area contributed by atoms with E-state index < -0.39 is 0 Å². The van der Waals surface area contributed by atoms with E-state index in [1.165, 1.54) is 0 Å². The molecule has 12 heavy (non-hydrogen) atoms. The molecule has 0 aliphatic heterocycles. The Labute approximate surface area is 76.6 Å². The maximum absolute atomic E-state index is 11.1. The van der Waals surface area contributed by atoms with Crippen LogP contribution in [-0.4, -0.2) is 5.78 Å². The van der Waals surface area contributed by atoms with Crippen molar-refractivity contribution in [3.63, 3.8) is 0 Å². The van der Waals surface area contributed by atoms with Gasteiger partial charge in [-0.05, 0) is 17.8 Å². The number of Topliss-reactive ketones (excluding diaryl/α,β-unsaturated/α-hetero) is 1. The van der Waals surface area contributed by atoms with E-state index in [1.54, 1.807) is 0 Å². The first-order valence-electron chi connectivity index (χ1n) is 4.87. The lowest BCUT2D eigenvalue weighted by Gasteiger charge is -2.22. The highest BCUT2D eigenvalue weighted by molar-refractivity contribution is 5.78. The lowest BCUT2D eigenvalue weighted by molar-refractivity contribution is -0.119. The van der Waals surface area contributed by atoms with Crippen LogP contribution in [0.4, 0.5) is 0 Å². The predicted molar refractivity (Wildman–Crippen MR) is 53.2 cm³/mol. The van der Waals surface area contributed by atoms with E-state index >= 15 is 0 Å². The Morgan fingerprint density at radius 3 is 2.17 bits per heavy atom. The highest BCUT2D eigenvalue weighted by Gasteiger charge is 2.16. The number of carbonyl (C=O) groups is 1. The third kappa shape index (κ3) is 6.38. The Balaban J connectivity index is 3.74. The fraction of sp³-hybridized carbons (Fsp3) is 0.909. The molecule has 1 atom stereocenters. The Kier molecular flexibility index (Phi) is 4.51. The topological polar surface area (TPSA) is 17.1 Å². The minimum Gasteiger partial charge on any atom is -0.300 e. The van der Waals surface area contributed by atoms with Crippen molar-refractivity contribution in [2.75, 3.05) is 0 Å². The zero-order valence-electron chi connectivity index (χ0n) is 9.11. The zero-order chi connectivity index (χ0) is 9.78. The van der Waals surface area contributed by atoms with Crippen LogP contribution in [0.2, 0.25) is 0 Å².